The van der Waals surface area contributed by atoms with Crippen LogP contribution in [0.4, 0.5) is 0 Å². The average molecular weight is 1160 g/mol. The van der Waals surface area contributed by atoms with Gasteiger partial charge in [0.15, 0.2) is 6.10 Å². The molecule has 2 atom stereocenters. The van der Waals surface area contributed by atoms with Crippen LogP contribution < -0.4 is 0 Å². The van der Waals surface area contributed by atoms with E-state index in [0.29, 0.717) is 17.4 Å². The molecule has 0 bridgehead atoms. The van der Waals surface area contributed by atoms with Crippen LogP contribution in [0, 0.1) is 0 Å². The molecule has 0 rings (SSSR count). The first-order valence-electron chi connectivity index (χ1n) is 34.1. The Balaban J connectivity index is 4.09. The molecule has 83 heavy (non-hydrogen) atoms. The maximum absolute atomic E-state index is 12.9. The van der Waals surface area contributed by atoms with Gasteiger partial charge in [0.2, 0.25) is 0 Å². The third-order valence-corrected chi connectivity index (χ3v) is 14.5. The second kappa shape index (κ2) is 64.0. The van der Waals surface area contributed by atoms with E-state index in [9.17, 15) is 19.5 Å². The van der Waals surface area contributed by atoms with Crippen molar-refractivity contribution in [3.8, 4) is 0 Å². The highest BCUT2D eigenvalue weighted by Crippen LogP contribution is 2.17. The highest BCUT2D eigenvalue weighted by Gasteiger charge is 2.25. The first-order chi connectivity index (χ1) is 40.6. The van der Waals surface area contributed by atoms with Crippen molar-refractivity contribution in [1.29, 1.82) is 0 Å². The van der Waals surface area contributed by atoms with Gasteiger partial charge in [-0.25, -0.2) is 4.79 Å². The molecule has 0 aliphatic heterocycles. The Morgan fingerprint density at radius 3 is 1.05 bits per heavy atom. The summed E-state index contributed by atoms with van der Waals surface area (Å²) in [5.74, 6) is -2.06. The number of hydrogen-bond acceptors (Lipinski definition) is 7. The lowest BCUT2D eigenvalue weighted by molar-refractivity contribution is -0.870. The van der Waals surface area contributed by atoms with E-state index in [1.807, 2.05) is 21.1 Å². The zero-order chi connectivity index (χ0) is 60.5. The van der Waals surface area contributed by atoms with Crippen LogP contribution in [0.2, 0.25) is 0 Å². The Morgan fingerprint density at radius 1 is 0.373 bits per heavy atom. The second-order valence-corrected chi connectivity index (χ2v) is 23.7. The summed E-state index contributed by atoms with van der Waals surface area (Å²) in [5.41, 5.74) is 0. The number of carbonyl (C=O) groups excluding carboxylic acids is 2. The molecule has 9 nitrogen and oxygen atoms in total. The molecule has 0 aromatic rings. The monoisotopic (exact) mass is 1160 g/mol. The number of carboxylic acids is 1. The molecule has 0 aromatic heterocycles. The number of likely N-dealkylation sites (N-methyl/N-ethyl adjacent to an activating group) is 1. The molecule has 0 aromatic carbocycles. The number of allylic oxidation sites excluding steroid dienone is 18. The summed E-state index contributed by atoms with van der Waals surface area (Å²) in [6.07, 6.45) is 86.4. The zero-order valence-electron chi connectivity index (χ0n) is 54.3. The summed E-state index contributed by atoms with van der Waals surface area (Å²) in [7, 11) is 5.95. The molecule has 0 aliphatic rings. The van der Waals surface area contributed by atoms with E-state index >= 15 is 0 Å². The normalized spacial score (nSPS) is 13.4. The van der Waals surface area contributed by atoms with Crippen molar-refractivity contribution in [2.24, 2.45) is 0 Å². The van der Waals surface area contributed by atoms with Crippen LogP contribution in [-0.4, -0.2) is 87.4 Å². The lowest BCUT2D eigenvalue weighted by Crippen LogP contribution is -2.40. The van der Waals surface area contributed by atoms with Gasteiger partial charge in [0, 0.05) is 12.8 Å². The van der Waals surface area contributed by atoms with E-state index in [2.05, 4.69) is 123 Å². The first kappa shape index (κ1) is 79.0. The van der Waals surface area contributed by atoms with E-state index in [0.717, 1.165) is 83.5 Å². The third-order valence-electron chi connectivity index (χ3n) is 14.5. The quantitative estimate of drug-likeness (QED) is 0.0211. The van der Waals surface area contributed by atoms with E-state index in [-0.39, 0.29) is 38.6 Å². The molecule has 0 saturated heterocycles. The van der Waals surface area contributed by atoms with Crippen molar-refractivity contribution < 1.29 is 42.9 Å². The molecule has 0 amide bonds. The summed E-state index contributed by atoms with van der Waals surface area (Å²) < 4.78 is 22.9. The van der Waals surface area contributed by atoms with Gasteiger partial charge >= 0.3 is 17.9 Å². The second-order valence-electron chi connectivity index (χ2n) is 23.7. The van der Waals surface area contributed by atoms with E-state index in [1.54, 1.807) is 0 Å². The number of hydrogen-bond donors (Lipinski definition) is 1. The third kappa shape index (κ3) is 65.3. The molecule has 0 spiro atoms. The van der Waals surface area contributed by atoms with Gasteiger partial charge in [-0.3, -0.25) is 9.59 Å². The van der Waals surface area contributed by atoms with Crippen LogP contribution in [0.15, 0.2) is 109 Å². The minimum absolute atomic E-state index is 0.175. The van der Waals surface area contributed by atoms with Crippen molar-refractivity contribution >= 4 is 17.9 Å². The summed E-state index contributed by atoms with van der Waals surface area (Å²) in [4.78, 5) is 37.5. The van der Waals surface area contributed by atoms with Gasteiger partial charge < -0.3 is 28.5 Å². The number of unbranched alkanes of at least 4 members (excludes halogenated alkanes) is 29. The largest absolute Gasteiger partial charge is 0.477 e. The highest BCUT2D eigenvalue weighted by molar-refractivity contribution is 5.71. The molecule has 476 valence electrons. The fourth-order valence-corrected chi connectivity index (χ4v) is 9.32. The molecule has 2 unspecified atom stereocenters. The maximum Gasteiger partial charge on any atom is 0.361 e. The number of nitrogens with zero attached hydrogens (tertiary/aromatic N) is 1. The van der Waals surface area contributed by atoms with Crippen LogP contribution >= 0.6 is 0 Å². The lowest BCUT2D eigenvalue weighted by atomic mass is 10.0. The van der Waals surface area contributed by atoms with Crippen LogP contribution in [0.5, 0.6) is 0 Å². The molecule has 9 heteroatoms. The number of quaternary nitrogens is 1. The summed E-state index contributed by atoms with van der Waals surface area (Å²) >= 11 is 0. The standard InChI is InChI=1S/C74H127NO8/c1-6-8-10-12-14-16-18-20-22-24-26-28-29-30-31-32-33-34-35-36-37-38-39-40-41-42-43-45-46-48-50-52-54-56-58-60-62-64-71(76)81-68-70(69-82-74(73(78)79)80-67-66-75(3,4)5)83-72(77)65-63-61-59-57-55-53-51-49-47-44-27-25-23-21-19-17-15-13-11-9-7-2/h9,11,15,17-18,20-21,23-24,26-27,29-30,44,49,51,55,57,70,74H,6-8,10,12-14,16,19,22,25,28,31-43,45-48,50,52-54,56,58-69H2,1-5H3/p+1/b11-9-,17-15-,20-18-,23-21-,26-24-,30-29-,44-27-,51-49-,57-55-. The van der Waals surface area contributed by atoms with Crippen LogP contribution in [-0.2, 0) is 33.3 Å². The van der Waals surface area contributed by atoms with Gasteiger partial charge in [0.05, 0.1) is 34.4 Å². The molecular formula is C74H128NO8+. The maximum atomic E-state index is 12.9. The van der Waals surface area contributed by atoms with Crippen LogP contribution in [0.1, 0.15) is 284 Å². The zero-order valence-corrected chi connectivity index (χ0v) is 54.3. The van der Waals surface area contributed by atoms with Crippen molar-refractivity contribution in [1.82, 2.24) is 0 Å². The Kier molecular flexibility index (Phi) is 60.8. The summed E-state index contributed by atoms with van der Waals surface area (Å²) in [5, 5.41) is 9.72. The number of esters is 2. The van der Waals surface area contributed by atoms with E-state index < -0.39 is 24.3 Å². The predicted molar refractivity (Wildman–Crippen MR) is 355 cm³/mol. The van der Waals surface area contributed by atoms with Crippen molar-refractivity contribution in [3.63, 3.8) is 0 Å². The first-order valence-corrected chi connectivity index (χ1v) is 34.1. The van der Waals surface area contributed by atoms with Crippen LogP contribution in [0.3, 0.4) is 0 Å². The molecule has 1 N–H and O–H groups in total. The number of carbonyl (C=O) groups is 3. The molecular weight excluding hydrogens is 1030 g/mol. The Labute approximate surface area is 511 Å². The van der Waals surface area contributed by atoms with Gasteiger partial charge in [-0.1, -0.05) is 277 Å². The Morgan fingerprint density at radius 2 is 0.687 bits per heavy atom. The summed E-state index contributed by atoms with van der Waals surface area (Å²) in [6.45, 7) is 4.71. The van der Waals surface area contributed by atoms with Gasteiger partial charge in [-0.2, -0.15) is 0 Å². The minimum atomic E-state index is -1.53. The van der Waals surface area contributed by atoms with Crippen molar-refractivity contribution in [2.45, 2.75) is 296 Å². The number of rotatable bonds is 62. The number of ether oxygens (including phenoxy) is 4. The summed E-state index contributed by atoms with van der Waals surface area (Å²) in [6, 6.07) is 0. The van der Waals surface area contributed by atoms with Gasteiger partial charge in [-0.15, -0.1) is 0 Å². The van der Waals surface area contributed by atoms with E-state index in [1.165, 1.54) is 167 Å². The van der Waals surface area contributed by atoms with Crippen molar-refractivity contribution in [3.05, 3.63) is 109 Å². The highest BCUT2D eigenvalue weighted by atomic mass is 16.7. The topological polar surface area (TPSA) is 108 Å². The molecule has 0 fully saturated rings. The Hall–Kier alpha value is -4.05. The van der Waals surface area contributed by atoms with Gasteiger partial charge in [-0.05, 0) is 103 Å². The number of aliphatic carboxylic acids is 1. The fraction of sp³-hybridized carbons (Fsp3) is 0.716. The molecule has 0 saturated carbocycles. The molecule has 0 aliphatic carbocycles. The average Bonchev–Trinajstić information content (AvgIpc) is 3.46. The fourth-order valence-electron chi connectivity index (χ4n) is 9.32. The molecule has 0 radical (unpaired) electrons. The number of carboxylic acid groups (broad SMARTS) is 1. The minimum Gasteiger partial charge on any atom is -0.477 e. The molecule has 0 heterocycles. The predicted octanol–water partition coefficient (Wildman–Crippen LogP) is 21.0. The van der Waals surface area contributed by atoms with E-state index in [4.69, 9.17) is 18.9 Å². The van der Waals surface area contributed by atoms with Crippen LogP contribution in [0.25, 0.3) is 0 Å². The smallest absolute Gasteiger partial charge is 0.361 e. The van der Waals surface area contributed by atoms with Crippen molar-refractivity contribution in [2.75, 3.05) is 47.5 Å². The van der Waals surface area contributed by atoms with Gasteiger partial charge in [0.1, 0.15) is 13.2 Å². The Bertz CT molecular complexity index is 1730. The lowest BCUT2D eigenvalue weighted by Gasteiger charge is -2.25. The SMILES string of the molecule is CC/C=C\C/C=C\C/C=C\C/C=C\C/C=C\C/C=C\CCCCC(=O)OC(COC(=O)CCCCCCCCCCCCCCCCCCCCCCCC/C=C\C/C=C\C/C=C\CCCCCCC)COC(OCC[N+](C)(C)C)C(=O)O. The van der Waals surface area contributed by atoms with Gasteiger partial charge in [0.25, 0.3) is 6.29 Å².